The third kappa shape index (κ3) is 6.47. The van der Waals surface area contributed by atoms with Crippen LogP contribution in [0.4, 0.5) is 5.69 Å². The Labute approximate surface area is 196 Å². The summed E-state index contributed by atoms with van der Waals surface area (Å²) < 4.78 is 31.9. The number of hydrogen-bond acceptors (Lipinski definition) is 5. The number of anilines is 1. The molecule has 0 saturated carbocycles. The van der Waals surface area contributed by atoms with Gasteiger partial charge in [-0.2, -0.15) is 0 Å². The van der Waals surface area contributed by atoms with Crippen LogP contribution in [0, 0.1) is 13.8 Å². The number of carbonyl (C=O) groups is 2. The molecule has 0 bridgehead atoms. The maximum Gasteiger partial charge on any atom is 0.244 e. The van der Waals surface area contributed by atoms with Gasteiger partial charge in [-0.05, 0) is 49.1 Å². The molecular formula is C24H33N3O5S. The lowest BCUT2D eigenvalue weighted by molar-refractivity contribution is -0.140. The number of nitrogens with one attached hydrogen (secondary N) is 1. The Morgan fingerprint density at radius 2 is 1.79 bits per heavy atom. The van der Waals surface area contributed by atoms with E-state index in [1.54, 1.807) is 18.2 Å². The number of benzene rings is 2. The van der Waals surface area contributed by atoms with E-state index < -0.39 is 28.5 Å². The van der Waals surface area contributed by atoms with Crippen LogP contribution in [-0.4, -0.2) is 58.1 Å². The van der Waals surface area contributed by atoms with Crippen molar-refractivity contribution in [2.24, 2.45) is 0 Å². The van der Waals surface area contributed by atoms with Crippen LogP contribution < -0.4 is 14.4 Å². The minimum atomic E-state index is -3.83. The van der Waals surface area contributed by atoms with E-state index in [-0.39, 0.29) is 18.1 Å². The van der Waals surface area contributed by atoms with Crippen molar-refractivity contribution >= 4 is 27.5 Å². The average Bonchev–Trinajstić information content (AvgIpc) is 2.77. The number of aryl methyl sites for hydroxylation is 2. The van der Waals surface area contributed by atoms with Crippen molar-refractivity contribution in [3.63, 3.8) is 0 Å². The third-order valence-corrected chi connectivity index (χ3v) is 6.64. The second-order valence-electron chi connectivity index (χ2n) is 7.93. The minimum Gasteiger partial charge on any atom is -0.495 e. The molecule has 180 valence electrons. The van der Waals surface area contributed by atoms with Crippen LogP contribution in [0.2, 0.25) is 0 Å². The van der Waals surface area contributed by atoms with E-state index in [9.17, 15) is 18.0 Å². The predicted octanol–water partition coefficient (Wildman–Crippen LogP) is 2.63. The largest absolute Gasteiger partial charge is 0.495 e. The number of nitrogens with zero attached hydrogens (tertiary/aromatic N) is 2. The molecule has 0 aliphatic carbocycles. The van der Waals surface area contributed by atoms with Crippen molar-refractivity contribution in [1.82, 2.24) is 10.2 Å². The summed E-state index contributed by atoms with van der Waals surface area (Å²) >= 11 is 0. The lowest BCUT2D eigenvalue weighted by Gasteiger charge is -2.33. The molecule has 1 atom stereocenters. The standard InChI is InChI=1S/C24H33N3O5S/c1-7-20(24(29)25-4)26(15-19-11-9-8-10-18(19)3)23(28)16-27(33(6,30)31)21-14-17(2)12-13-22(21)32-5/h8-14,20H,7,15-16H2,1-6H3,(H,25,29). The Bertz CT molecular complexity index is 1100. The van der Waals surface area contributed by atoms with E-state index in [0.29, 0.717) is 12.2 Å². The van der Waals surface area contributed by atoms with Gasteiger partial charge >= 0.3 is 0 Å². The van der Waals surface area contributed by atoms with Crippen LogP contribution in [0.15, 0.2) is 42.5 Å². The van der Waals surface area contributed by atoms with Gasteiger partial charge in [0.25, 0.3) is 0 Å². The van der Waals surface area contributed by atoms with Crippen LogP contribution >= 0.6 is 0 Å². The summed E-state index contributed by atoms with van der Waals surface area (Å²) in [4.78, 5) is 27.6. The van der Waals surface area contributed by atoms with E-state index in [1.807, 2.05) is 45.0 Å². The first kappa shape index (κ1) is 26.2. The molecule has 0 saturated heterocycles. The van der Waals surface area contributed by atoms with Crippen molar-refractivity contribution in [1.29, 1.82) is 0 Å². The molecule has 0 fully saturated rings. The monoisotopic (exact) mass is 475 g/mol. The summed E-state index contributed by atoms with van der Waals surface area (Å²) in [6, 6.07) is 12.0. The zero-order valence-corrected chi connectivity index (χ0v) is 20.9. The van der Waals surface area contributed by atoms with Crippen molar-refractivity contribution < 1.29 is 22.7 Å². The smallest absolute Gasteiger partial charge is 0.244 e. The quantitative estimate of drug-likeness (QED) is 0.570. The Morgan fingerprint density at radius 1 is 1.12 bits per heavy atom. The van der Waals surface area contributed by atoms with Crippen molar-refractivity contribution in [3.8, 4) is 5.75 Å². The SMILES string of the molecule is CCC(C(=O)NC)N(Cc1ccccc1C)C(=O)CN(c1cc(C)ccc1OC)S(C)(=O)=O. The summed E-state index contributed by atoms with van der Waals surface area (Å²) in [7, 11) is -0.870. The molecule has 0 aromatic heterocycles. The maximum atomic E-state index is 13.6. The molecule has 0 heterocycles. The minimum absolute atomic E-state index is 0.181. The Balaban J connectivity index is 2.52. The van der Waals surface area contributed by atoms with Gasteiger partial charge in [-0.3, -0.25) is 13.9 Å². The van der Waals surface area contributed by atoms with Crippen molar-refractivity contribution in [2.45, 2.75) is 39.8 Å². The number of amides is 2. The third-order valence-electron chi connectivity index (χ3n) is 5.52. The van der Waals surface area contributed by atoms with Crippen LogP contribution in [0.25, 0.3) is 0 Å². The summed E-state index contributed by atoms with van der Waals surface area (Å²) in [5.41, 5.74) is 2.95. The molecule has 8 nitrogen and oxygen atoms in total. The van der Waals surface area contributed by atoms with Crippen LogP contribution in [0.1, 0.15) is 30.0 Å². The summed E-state index contributed by atoms with van der Waals surface area (Å²) in [6.45, 7) is 5.29. The Hall–Kier alpha value is -3.07. The first-order valence-corrected chi connectivity index (χ1v) is 12.6. The first-order chi connectivity index (χ1) is 15.5. The second-order valence-corrected chi connectivity index (χ2v) is 9.84. The molecule has 0 aliphatic heterocycles. The van der Waals surface area contributed by atoms with E-state index in [2.05, 4.69) is 5.32 Å². The number of likely N-dealkylation sites (N-methyl/N-ethyl adjacent to an activating group) is 1. The molecular weight excluding hydrogens is 442 g/mol. The lowest BCUT2D eigenvalue weighted by Crippen LogP contribution is -2.51. The second kappa shape index (κ2) is 11.2. The van der Waals surface area contributed by atoms with Gasteiger partial charge in [0, 0.05) is 13.6 Å². The highest BCUT2D eigenvalue weighted by Crippen LogP contribution is 2.31. The predicted molar refractivity (Wildman–Crippen MR) is 130 cm³/mol. The lowest BCUT2D eigenvalue weighted by atomic mass is 10.1. The number of methoxy groups -OCH3 is 1. The molecule has 2 aromatic rings. The zero-order valence-electron chi connectivity index (χ0n) is 20.1. The molecule has 1 unspecified atom stereocenters. The number of carbonyl (C=O) groups excluding carboxylic acids is 2. The molecule has 2 aromatic carbocycles. The zero-order chi connectivity index (χ0) is 24.8. The van der Waals surface area contributed by atoms with E-state index >= 15 is 0 Å². The highest BCUT2D eigenvalue weighted by molar-refractivity contribution is 7.92. The van der Waals surface area contributed by atoms with Crippen LogP contribution in [0.5, 0.6) is 5.75 Å². The first-order valence-electron chi connectivity index (χ1n) is 10.7. The highest BCUT2D eigenvalue weighted by atomic mass is 32.2. The molecule has 9 heteroatoms. The molecule has 33 heavy (non-hydrogen) atoms. The van der Waals surface area contributed by atoms with Gasteiger partial charge in [0.15, 0.2) is 0 Å². The molecule has 0 aliphatic rings. The van der Waals surface area contributed by atoms with E-state index in [0.717, 1.165) is 27.3 Å². The number of rotatable bonds is 10. The Kier molecular flexibility index (Phi) is 8.87. The summed E-state index contributed by atoms with van der Waals surface area (Å²) in [5.74, 6) is -0.455. The number of hydrogen-bond donors (Lipinski definition) is 1. The summed E-state index contributed by atoms with van der Waals surface area (Å²) in [5, 5.41) is 2.61. The molecule has 2 rings (SSSR count). The van der Waals surface area contributed by atoms with Gasteiger partial charge in [0.05, 0.1) is 19.1 Å². The molecule has 1 N–H and O–H groups in total. The fraction of sp³-hybridized carbons (Fsp3) is 0.417. The molecule has 0 spiro atoms. The molecule has 0 radical (unpaired) electrons. The number of ether oxygens (including phenoxy) is 1. The van der Waals surface area contributed by atoms with Gasteiger partial charge in [-0.15, -0.1) is 0 Å². The van der Waals surface area contributed by atoms with Gasteiger partial charge in [0.2, 0.25) is 21.8 Å². The van der Waals surface area contributed by atoms with Crippen LogP contribution in [-0.2, 0) is 26.2 Å². The van der Waals surface area contributed by atoms with Gasteiger partial charge in [-0.1, -0.05) is 37.3 Å². The maximum absolute atomic E-state index is 13.6. The average molecular weight is 476 g/mol. The Morgan fingerprint density at radius 3 is 2.33 bits per heavy atom. The van der Waals surface area contributed by atoms with Gasteiger partial charge in [0.1, 0.15) is 18.3 Å². The van der Waals surface area contributed by atoms with Crippen molar-refractivity contribution in [3.05, 3.63) is 59.2 Å². The fourth-order valence-electron chi connectivity index (χ4n) is 3.65. The van der Waals surface area contributed by atoms with Crippen molar-refractivity contribution in [2.75, 3.05) is 31.3 Å². The van der Waals surface area contributed by atoms with E-state index in [1.165, 1.54) is 19.1 Å². The van der Waals surface area contributed by atoms with Gasteiger partial charge < -0.3 is 15.0 Å². The van der Waals surface area contributed by atoms with Crippen LogP contribution in [0.3, 0.4) is 0 Å². The number of sulfonamides is 1. The highest BCUT2D eigenvalue weighted by Gasteiger charge is 2.32. The topological polar surface area (TPSA) is 96.0 Å². The van der Waals surface area contributed by atoms with Gasteiger partial charge in [-0.25, -0.2) is 8.42 Å². The fourth-order valence-corrected chi connectivity index (χ4v) is 4.49. The normalized spacial score (nSPS) is 12.1. The van der Waals surface area contributed by atoms with E-state index in [4.69, 9.17) is 4.74 Å². The molecule has 2 amide bonds. The summed E-state index contributed by atoms with van der Waals surface area (Å²) in [6.07, 6.45) is 1.42.